The summed E-state index contributed by atoms with van der Waals surface area (Å²) >= 11 is 0. The first-order valence-corrected chi connectivity index (χ1v) is 7.20. The number of unbranched alkanes of at least 4 members (excludes halogenated alkanes) is 4. The van der Waals surface area contributed by atoms with Crippen molar-refractivity contribution in [3.05, 3.63) is 0 Å². The third-order valence-corrected chi connectivity index (χ3v) is 4.08. The Bertz CT molecular complexity index is 170. The molecule has 0 aromatic heterocycles. The van der Waals surface area contributed by atoms with Crippen molar-refractivity contribution in [3.63, 3.8) is 0 Å². The van der Waals surface area contributed by atoms with E-state index in [1.165, 1.54) is 58.2 Å². The SMILES string of the molecule is CCCCCCCN1CCC(C)C(CN)C1. The van der Waals surface area contributed by atoms with Gasteiger partial charge in [-0.05, 0) is 44.3 Å². The summed E-state index contributed by atoms with van der Waals surface area (Å²) in [5.41, 5.74) is 5.82. The van der Waals surface area contributed by atoms with Crippen molar-refractivity contribution >= 4 is 0 Å². The molecule has 0 aliphatic carbocycles. The summed E-state index contributed by atoms with van der Waals surface area (Å²) in [6.07, 6.45) is 8.30. The largest absolute Gasteiger partial charge is 0.330 e. The number of hydrogen-bond acceptors (Lipinski definition) is 2. The van der Waals surface area contributed by atoms with Gasteiger partial charge in [-0.2, -0.15) is 0 Å². The Morgan fingerprint density at radius 1 is 1.19 bits per heavy atom. The first-order chi connectivity index (χ1) is 7.77. The van der Waals surface area contributed by atoms with E-state index in [2.05, 4.69) is 18.7 Å². The smallest absolute Gasteiger partial charge is 0.00243 e. The highest BCUT2D eigenvalue weighted by molar-refractivity contribution is 4.78. The zero-order valence-electron chi connectivity index (χ0n) is 11.3. The van der Waals surface area contributed by atoms with E-state index in [-0.39, 0.29) is 0 Å². The molecule has 1 aliphatic rings. The van der Waals surface area contributed by atoms with Crippen LogP contribution in [0.15, 0.2) is 0 Å². The Labute approximate surface area is 102 Å². The second-order valence-corrected chi connectivity index (χ2v) is 5.48. The number of piperidine rings is 1. The van der Waals surface area contributed by atoms with Gasteiger partial charge >= 0.3 is 0 Å². The van der Waals surface area contributed by atoms with Gasteiger partial charge in [0.15, 0.2) is 0 Å². The van der Waals surface area contributed by atoms with Crippen LogP contribution < -0.4 is 5.73 Å². The van der Waals surface area contributed by atoms with E-state index in [1.54, 1.807) is 0 Å². The van der Waals surface area contributed by atoms with Crippen molar-refractivity contribution < 1.29 is 0 Å². The molecule has 2 N–H and O–H groups in total. The zero-order chi connectivity index (χ0) is 11.8. The van der Waals surface area contributed by atoms with E-state index in [0.29, 0.717) is 0 Å². The lowest BCUT2D eigenvalue weighted by molar-refractivity contribution is 0.130. The fraction of sp³-hybridized carbons (Fsp3) is 1.00. The number of nitrogens with zero attached hydrogens (tertiary/aromatic N) is 1. The van der Waals surface area contributed by atoms with Crippen LogP contribution in [0, 0.1) is 11.8 Å². The van der Waals surface area contributed by atoms with Gasteiger partial charge in [0.1, 0.15) is 0 Å². The Kier molecular flexibility index (Phi) is 7.06. The maximum Gasteiger partial charge on any atom is 0.00243 e. The molecule has 1 saturated heterocycles. The summed E-state index contributed by atoms with van der Waals surface area (Å²) in [4.78, 5) is 2.63. The van der Waals surface area contributed by atoms with Crippen LogP contribution in [0.1, 0.15) is 52.4 Å². The zero-order valence-corrected chi connectivity index (χ0v) is 11.3. The van der Waals surface area contributed by atoms with Gasteiger partial charge in [-0.3, -0.25) is 0 Å². The predicted molar refractivity (Wildman–Crippen MR) is 71.5 cm³/mol. The molecule has 0 radical (unpaired) electrons. The molecule has 1 fully saturated rings. The van der Waals surface area contributed by atoms with Crippen LogP contribution in [0.4, 0.5) is 0 Å². The van der Waals surface area contributed by atoms with Gasteiger partial charge in [-0.25, -0.2) is 0 Å². The van der Waals surface area contributed by atoms with Gasteiger partial charge in [0.05, 0.1) is 0 Å². The molecular formula is C14H30N2. The van der Waals surface area contributed by atoms with Gasteiger partial charge in [-0.15, -0.1) is 0 Å². The van der Waals surface area contributed by atoms with Crippen LogP contribution in [-0.4, -0.2) is 31.1 Å². The lowest BCUT2D eigenvalue weighted by Crippen LogP contribution is -2.42. The van der Waals surface area contributed by atoms with E-state index in [4.69, 9.17) is 5.73 Å². The number of hydrogen-bond donors (Lipinski definition) is 1. The molecule has 16 heavy (non-hydrogen) atoms. The topological polar surface area (TPSA) is 29.3 Å². The van der Waals surface area contributed by atoms with Crippen LogP contribution in [0.3, 0.4) is 0 Å². The number of nitrogens with two attached hydrogens (primary N) is 1. The molecule has 96 valence electrons. The van der Waals surface area contributed by atoms with Crippen LogP contribution in [0.25, 0.3) is 0 Å². The minimum absolute atomic E-state index is 0.740. The van der Waals surface area contributed by atoms with E-state index in [0.717, 1.165) is 18.4 Å². The van der Waals surface area contributed by atoms with Gasteiger partial charge < -0.3 is 10.6 Å². The monoisotopic (exact) mass is 226 g/mol. The highest BCUT2D eigenvalue weighted by Gasteiger charge is 2.24. The highest BCUT2D eigenvalue weighted by atomic mass is 15.1. The van der Waals surface area contributed by atoms with Crippen LogP contribution in [-0.2, 0) is 0 Å². The molecule has 0 amide bonds. The summed E-state index contributed by atoms with van der Waals surface area (Å²) in [5.74, 6) is 1.57. The molecule has 0 bridgehead atoms. The maximum atomic E-state index is 5.82. The van der Waals surface area contributed by atoms with Crippen molar-refractivity contribution in [2.75, 3.05) is 26.2 Å². The normalized spacial score (nSPS) is 27.2. The molecule has 0 spiro atoms. The van der Waals surface area contributed by atoms with Gasteiger partial charge in [0.25, 0.3) is 0 Å². The fourth-order valence-electron chi connectivity index (χ4n) is 2.67. The molecule has 0 aromatic rings. The molecule has 2 atom stereocenters. The number of rotatable bonds is 7. The van der Waals surface area contributed by atoms with Crippen molar-refractivity contribution in [3.8, 4) is 0 Å². The molecule has 0 aromatic carbocycles. The lowest BCUT2D eigenvalue weighted by atomic mass is 9.87. The second-order valence-electron chi connectivity index (χ2n) is 5.48. The summed E-state index contributed by atoms with van der Waals surface area (Å²) in [5, 5.41) is 0. The fourth-order valence-corrected chi connectivity index (χ4v) is 2.67. The van der Waals surface area contributed by atoms with Crippen LogP contribution in [0.5, 0.6) is 0 Å². The van der Waals surface area contributed by atoms with Gasteiger partial charge in [-0.1, -0.05) is 39.5 Å². The summed E-state index contributed by atoms with van der Waals surface area (Å²) in [7, 11) is 0. The summed E-state index contributed by atoms with van der Waals surface area (Å²) in [6, 6.07) is 0. The van der Waals surface area contributed by atoms with Gasteiger partial charge in [0.2, 0.25) is 0 Å². The predicted octanol–water partition coefficient (Wildman–Crippen LogP) is 2.87. The summed E-state index contributed by atoms with van der Waals surface area (Å²) < 4.78 is 0. The van der Waals surface area contributed by atoms with Crippen molar-refractivity contribution in [1.29, 1.82) is 0 Å². The molecule has 1 rings (SSSR count). The Morgan fingerprint density at radius 3 is 2.62 bits per heavy atom. The van der Waals surface area contributed by atoms with Gasteiger partial charge in [0, 0.05) is 6.54 Å². The van der Waals surface area contributed by atoms with E-state index < -0.39 is 0 Å². The Balaban J connectivity index is 2.08. The summed E-state index contributed by atoms with van der Waals surface area (Å²) in [6.45, 7) is 9.34. The average molecular weight is 226 g/mol. The molecule has 1 aliphatic heterocycles. The van der Waals surface area contributed by atoms with E-state index in [9.17, 15) is 0 Å². The molecule has 1 heterocycles. The lowest BCUT2D eigenvalue weighted by Gasteiger charge is -2.36. The third-order valence-electron chi connectivity index (χ3n) is 4.08. The molecular weight excluding hydrogens is 196 g/mol. The van der Waals surface area contributed by atoms with E-state index >= 15 is 0 Å². The molecule has 2 heteroatoms. The third kappa shape index (κ3) is 4.84. The van der Waals surface area contributed by atoms with Crippen molar-refractivity contribution in [2.24, 2.45) is 17.6 Å². The minimum Gasteiger partial charge on any atom is -0.330 e. The highest BCUT2D eigenvalue weighted by Crippen LogP contribution is 2.22. The first kappa shape index (κ1) is 14.0. The Morgan fingerprint density at radius 2 is 1.94 bits per heavy atom. The minimum atomic E-state index is 0.740. The average Bonchev–Trinajstić information content (AvgIpc) is 2.31. The quantitative estimate of drug-likeness (QED) is 0.676. The molecule has 0 saturated carbocycles. The second kappa shape index (κ2) is 8.08. The van der Waals surface area contributed by atoms with Crippen LogP contribution in [0.2, 0.25) is 0 Å². The standard InChI is InChI=1S/C14H30N2/c1-3-4-5-6-7-9-16-10-8-13(2)14(11-15)12-16/h13-14H,3-12,15H2,1-2H3. The molecule has 2 nitrogen and oxygen atoms in total. The first-order valence-electron chi connectivity index (χ1n) is 7.20. The van der Waals surface area contributed by atoms with Crippen LogP contribution >= 0.6 is 0 Å². The molecule has 2 unspecified atom stereocenters. The van der Waals surface area contributed by atoms with Crippen molar-refractivity contribution in [1.82, 2.24) is 4.90 Å². The van der Waals surface area contributed by atoms with Crippen molar-refractivity contribution in [2.45, 2.75) is 52.4 Å². The van der Waals surface area contributed by atoms with E-state index in [1.807, 2.05) is 0 Å². The Hall–Kier alpha value is -0.0800. The number of likely N-dealkylation sites (tertiary alicyclic amines) is 1. The maximum absolute atomic E-state index is 5.82.